The van der Waals surface area contributed by atoms with Crippen LogP contribution in [-0.4, -0.2) is 61.5 Å². The molecule has 0 aliphatic carbocycles. The molecule has 3 rings (SSSR count). The van der Waals surface area contributed by atoms with Crippen molar-refractivity contribution in [2.45, 2.75) is 0 Å². The van der Waals surface area contributed by atoms with Gasteiger partial charge in [-0.15, -0.1) is 0 Å². The third kappa shape index (κ3) is 5.66. The number of piperazine rings is 1. The number of anilines is 3. The summed E-state index contributed by atoms with van der Waals surface area (Å²) < 4.78 is 4.99. The standard InChI is InChI=1S/C18H23ClN6OS/c1-26-12-7-20-18(27)23-17-21-15(19)13-16(22-17)25-10-8-24(9-11-25)14-5-3-2-4-6-14/h2-6,13H,7-12H2,1H3,(H2,20,21,22,23,27). The van der Waals surface area contributed by atoms with Gasteiger partial charge in [0.05, 0.1) is 6.61 Å². The van der Waals surface area contributed by atoms with Gasteiger partial charge in [-0.05, 0) is 24.4 Å². The third-order valence-electron chi connectivity index (χ3n) is 4.22. The summed E-state index contributed by atoms with van der Waals surface area (Å²) in [5, 5.41) is 6.82. The lowest BCUT2D eigenvalue weighted by Crippen LogP contribution is -2.47. The predicted molar refractivity (Wildman–Crippen MR) is 114 cm³/mol. The van der Waals surface area contributed by atoms with Crippen LogP contribution in [0, 0.1) is 0 Å². The van der Waals surface area contributed by atoms with Crippen LogP contribution in [0.25, 0.3) is 0 Å². The molecule has 1 fully saturated rings. The second-order valence-corrected chi connectivity index (χ2v) is 6.85. The average molecular weight is 407 g/mol. The van der Waals surface area contributed by atoms with Gasteiger partial charge < -0.3 is 25.2 Å². The molecule has 0 atom stereocenters. The summed E-state index contributed by atoms with van der Waals surface area (Å²) >= 11 is 11.4. The summed E-state index contributed by atoms with van der Waals surface area (Å²) in [5.41, 5.74) is 1.24. The van der Waals surface area contributed by atoms with Gasteiger partial charge in [0.25, 0.3) is 0 Å². The molecule has 1 aromatic heterocycles. The summed E-state index contributed by atoms with van der Waals surface area (Å²) in [6.45, 7) is 4.74. The Morgan fingerprint density at radius 3 is 2.56 bits per heavy atom. The van der Waals surface area contributed by atoms with Crippen molar-refractivity contribution in [3.05, 3.63) is 41.6 Å². The van der Waals surface area contributed by atoms with Gasteiger partial charge in [0, 0.05) is 51.6 Å². The number of nitrogens with one attached hydrogen (secondary N) is 2. The molecule has 27 heavy (non-hydrogen) atoms. The van der Waals surface area contributed by atoms with E-state index in [1.807, 2.05) is 6.07 Å². The van der Waals surface area contributed by atoms with E-state index in [9.17, 15) is 0 Å². The van der Waals surface area contributed by atoms with Crippen LogP contribution in [0.2, 0.25) is 5.15 Å². The van der Waals surface area contributed by atoms with Gasteiger partial charge in [-0.3, -0.25) is 0 Å². The molecule has 2 aromatic rings. The first-order valence-corrected chi connectivity index (χ1v) is 9.57. The zero-order valence-electron chi connectivity index (χ0n) is 15.2. The summed E-state index contributed by atoms with van der Waals surface area (Å²) in [4.78, 5) is 13.3. The lowest BCUT2D eigenvalue weighted by Gasteiger charge is -2.36. The minimum Gasteiger partial charge on any atom is -0.383 e. The number of hydrogen-bond donors (Lipinski definition) is 2. The van der Waals surface area contributed by atoms with Gasteiger partial charge in [0.1, 0.15) is 11.0 Å². The van der Waals surface area contributed by atoms with E-state index in [4.69, 9.17) is 28.6 Å². The monoisotopic (exact) mass is 406 g/mol. The minimum atomic E-state index is 0.382. The van der Waals surface area contributed by atoms with Gasteiger partial charge in [0.2, 0.25) is 5.95 Å². The van der Waals surface area contributed by atoms with Gasteiger partial charge in [0.15, 0.2) is 5.11 Å². The first-order chi connectivity index (χ1) is 13.2. The van der Waals surface area contributed by atoms with Crippen LogP contribution in [-0.2, 0) is 4.74 Å². The van der Waals surface area contributed by atoms with Crippen molar-refractivity contribution in [1.82, 2.24) is 15.3 Å². The van der Waals surface area contributed by atoms with Crippen LogP contribution in [0.3, 0.4) is 0 Å². The summed E-state index contributed by atoms with van der Waals surface area (Å²) in [7, 11) is 1.64. The van der Waals surface area contributed by atoms with Gasteiger partial charge >= 0.3 is 0 Å². The van der Waals surface area contributed by atoms with E-state index in [0.29, 0.717) is 29.4 Å². The smallest absolute Gasteiger partial charge is 0.232 e. The van der Waals surface area contributed by atoms with Crippen molar-refractivity contribution < 1.29 is 4.74 Å². The zero-order valence-corrected chi connectivity index (χ0v) is 16.8. The SMILES string of the molecule is COCCNC(=S)Nc1nc(Cl)cc(N2CCN(c3ccccc3)CC2)n1. The Kier molecular flexibility index (Phi) is 7.03. The number of nitrogens with zero attached hydrogens (tertiary/aromatic N) is 4. The Labute approximate surface area is 169 Å². The van der Waals surface area contributed by atoms with E-state index in [2.05, 4.69) is 54.7 Å². The van der Waals surface area contributed by atoms with Crippen LogP contribution in [0.1, 0.15) is 0 Å². The summed E-state index contributed by atoms with van der Waals surface area (Å²) in [6.07, 6.45) is 0. The predicted octanol–water partition coefficient (Wildman–Crippen LogP) is 2.39. The molecule has 1 aliphatic heterocycles. The quantitative estimate of drug-likeness (QED) is 0.430. The van der Waals surface area contributed by atoms with Gasteiger partial charge in [-0.2, -0.15) is 4.98 Å². The minimum absolute atomic E-state index is 0.382. The Morgan fingerprint density at radius 1 is 1.15 bits per heavy atom. The molecule has 1 aliphatic rings. The van der Waals surface area contributed by atoms with Crippen LogP contribution in [0.15, 0.2) is 36.4 Å². The molecule has 2 N–H and O–H groups in total. The summed E-state index contributed by atoms with van der Waals surface area (Å²) in [6, 6.07) is 12.2. The molecule has 144 valence electrons. The van der Waals surface area contributed by atoms with Gasteiger partial charge in [-0.25, -0.2) is 4.98 Å². The molecule has 0 amide bonds. The zero-order chi connectivity index (χ0) is 19.1. The van der Waals surface area contributed by atoms with Crippen molar-refractivity contribution in [2.24, 2.45) is 0 Å². The second kappa shape index (κ2) is 9.68. The Hall–Kier alpha value is -2.16. The van der Waals surface area contributed by atoms with Crippen molar-refractivity contribution in [3.63, 3.8) is 0 Å². The van der Waals surface area contributed by atoms with Crippen molar-refractivity contribution >= 4 is 46.4 Å². The molecule has 0 bridgehead atoms. The fourth-order valence-electron chi connectivity index (χ4n) is 2.87. The number of hydrogen-bond acceptors (Lipinski definition) is 6. The van der Waals surface area contributed by atoms with Crippen molar-refractivity contribution in [2.75, 3.05) is 61.6 Å². The van der Waals surface area contributed by atoms with E-state index in [1.165, 1.54) is 5.69 Å². The highest BCUT2D eigenvalue weighted by molar-refractivity contribution is 7.80. The van der Waals surface area contributed by atoms with Crippen molar-refractivity contribution in [3.8, 4) is 0 Å². The molecule has 0 spiro atoms. The molecular weight excluding hydrogens is 384 g/mol. The lowest BCUT2D eigenvalue weighted by molar-refractivity contribution is 0.204. The molecule has 7 nitrogen and oxygen atoms in total. The first-order valence-electron chi connectivity index (χ1n) is 8.79. The van der Waals surface area contributed by atoms with Crippen LogP contribution in [0.5, 0.6) is 0 Å². The first kappa shape index (κ1) is 19.6. The fourth-order valence-corrected chi connectivity index (χ4v) is 3.24. The maximum absolute atomic E-state index is 6.19. The molecule has 1 saturated heterocycles. The molecule has 0 saturated carbocycles. The van der Waals surface area contributed by atoms with Crippen LogP contribution >= 0.6 is 23.8 Å². The molecule has 1 aromatic carbocycles. The third-order valence-corrected chi connectivity index (χ3v) is 4.66. The number of methoxy groups -OCH3 is 1. The van der Waals surface area contributed by atoms with Crippen LogP contribution in [0.4, 0.5) is 17.5 Å². The second-order valence-electron chi connectivity index (χ2n) is 6.06. The number of benzene rings is 1. The topological polar surface area (TPSA) is 65.6 Å². The number of ether oxygens (including phenoxy) is 1. The lowest BCUT2D eigenvalue weighted by atomic mass is 10.2. The Balaban J connectivity index is 1.60. The molecular formula is C18H23ClN6OS. The van der Waals surface area contributed by atoms with Gasteiger partial charge in [-0.1, -0.05) is 29.8 Å². The molecule has 0 radical (unpaired) electrons. The maximum atomic E-state index is 6.19. The van der Waals surface area contributed by atoms with E-state index in [1.54, 1.807) is 13.2 Å². The van der Waals surface area contributed by atoms with E-state index in [-0.39, 0.29) is 0 Å². The normalized spacial score (nSPS) is 14.1. The molecule has 2 heterocycles. The largest absolute Gasteiger partial charge is 0.383 e. The highest BCUT2D eigenvalue weighted by Gasteiger charge is 2.19. The number of rotatable bonds is 6. The number of thiocarbonyl (C=S) groups is 1. The molecule has 9 heteroatoms. The fraction of sp³-hybridized carbons (Fsp3) is 0.389. The molecule has 0 unspecified atom stereocenters. The maximum Gasteiger partial charge on any atom is 0.232 e. The van der Waals surface area contributed by atoms with Crippen LogP contribution < -0.4 is 20.4 Å². The van der Waals surface area contributed by atoms with E-state index < -0.39 is 0 Å². The number of halogens is 1. The van der Waals surface area contributed by atoms with E-state index >= 15 is 0 Å². The highest BCUT2D eigenvalue weighted by atomic mass is 35.5. The number of para-hydroxylation sites is 1. The Morgan fingerprint density at radius 2 is 1.85 bits per heavy atom. The van der Waals surface area contributed by atoms with Crippen molar-refractivity contribution in [1.29, 1.82) is 0 Å². The highest BCUT2D eigenvalue weighted by Crippen LogP contribution is 2.22. The summed E-state index contributed by atoms with van der Waals surface area (Å²) in [5.74, 6) is 1.18. The van der Waals surface area contributed by atoms with E-state index in [0.717, 1.165) is 32.0 Å². The Bertz CT molecular complexity index is 755. The number of aromatic nitrogens is 2. The average Bonchev–Trinajstić information content (AvgIpc) is 2.68.